The molecule has 0 aliphatic heterocycles. The molecule has 0 spiro atoms. The molecule has 2 aliphatic rings. The second-order valence-corrected chi connectivity index (χ2v) is 9.03. The predicted molar refractivity (Wildman–Crippen MR) is 98.8 cm³/mol. The van der Waals surface area contributed by atoms with Gasteiger partial charge >= 0.3 is 0 Å². The molecule has 2 aliphatic carbocycles. The molecule has 0 radical (unpaired) electrons. The average molecular weight is 343 g/mol. The molecule has 0 aromatic carbocycles. The van der Waals surface area contributed by atoms with Crippen molar-refractivity contribution in [1.82, 2.24) is 10.2 Å². The maximum atomic E-state index is 12.9. The smallest absolute Gasteiger partial charge is 0.166 e. The molecule has 4 rings (SSSR count). The number of nitrogens with one attached hydrogen (secondary N) is 2. The maximum absolute atomic E-state index is 12.9. The van der Waals surface area contributed by atoms with Gasteiger partial charge in [-0.2, -0.15) is 5.10 Å². The fraction of sp³-hybridized carbons (Fsp3) is 0.579. The van der Waals surface area contributed by atoms with E-state index in [0.717, 1.165) is 22.7 Å². The van der Waals surface area contributed by atoms with Gasteiger partial charge in [0.2, 0.25) is 0 Å². The van der Waals surface area contributed by atoms with Crippen LogP contribution in [-0.2, 0) is 6.42 Å². The molecule has 1 saturated carbocycles. The summed E-state index contributed by atoms with van der Waals surface area (Å²) in [5.41, 5.74) is 3.22. The van der Waals surface area contributed by atoms with Gasteiger partial charge in [0.05, 0.1) is 16.1 Å². The van der Waals surface area contributed by atoms with Gasteiger partial charge in [-0.15, -0.1) is 11.3 Å². The monoisotopic (exact) mass is 343 g/mol. The summed E-state index contributed by atoms with van der Waals surface area (Å²) in [6, 6.07) is 2.52. The standard InChI is InChI=1S/C19H25N3OS/c1-19(2)10-13-16(15(23)11-19)18(21-12-6-4-3-5-7-12)24-17(13)14-8-9-20-22-14/h8-9,12,21H,3-7,10-11H2,1-2H3,(H,20,22). The first-order valence-electron chi connectivity index (χ1n) is 8.99. The lowest BCUT2D eigenvalue weighted by molar-refractivity contribution is 0.0914. The number of hydrogen-bond acceptors (Lipinski definition) is 4. The Morgan fingerprint density at radius 1 is 1.25 bits per heavy atom. The third-order valence-corrected chi connectivity index (χ3v) is 6.46. The molecule has 5 heteroatoms. The number of carbonyl (C=O) groups is 1. The molecule has 1 fully saturated rings. The SMILES string of the molecule is CC1(C)CC(=O)c2c(NC3CCCCC3)sc(-c3ccn[nH]3)c2C1. The zero-order chi connectivity index (χ0) is 16.7. The van der Waals surface area contributed by atoms with E-state index in [1.165, 1.54) is 42.5 Å². The highest BCUT2D eigenvalue weighted by molar-refractivity contribution is 7.20. The van der Waals surface area contributed by atoms with Crippen molar-refractivity contribution < 1.29 is 4.79 Å². The van der Waals surface area contributed by atoms with Gasteiger partial charge in [-0.3, -0.25) is 9.89 Å². The van der Waals surface area contributed by atoms with Crippen LogP contribution in [0.15, 0.2) is 12.3 Å². The van der Waals surface area contributed by atoms with Gasteiger partial charge in [0.25, 0.3) is 0 Å². The molecular formula is C19H25N3OS. The molecule has 0 amide bonds. The first-order chi connectivity index (χ1) is 11.5. The zero-order valence-electron chi connectivity index (χ0n) is 14.4. The maximum Gasteiger partial charge on any atom is 0.166 e. The fourth-order valence-corrected chi connectivity index (χ4v) is 5.42. The number of aromatic nitrogens is 2. The Kier molecular flexibility index (Phi) is 3.99. The Morgan fingerprint density at radius 3 is 2.75 bits per heavy atom. The van der Waals surface area contributed by atoms with Crippen molar-refractivity contribution in [3.05, 3.63) is 23.4 Å². The lowest BCUT2D eigenvalue weighted by Crippen LogP contribution is -2.28. The van der Waals surface area contributed by atoms with E-state index in [0.29, 0.717) is 18.2 Å². The first kappa shape index (κ1) is 15.9. The number of fused-ring (bicyclic) bond motifs is 1. The number of rotatable bonds is 3. The molecule has 2 N–H and O–H groups in total. The van der Waals surface area contributed by atoms with Crippen molar-refractivity contribution in [3.8, 4) is 10.6 Å². The number of anilines is 1. The van der Waals surface area contributed by atoms with E-state index in [9.17, 15) is 4.79 Å². The van der Waals surface area contributed by atoms with Crippen LogP contribution in [0, 0.1) is 5.41 Å². The third kappa shape index (κ3) is 2.90. The minimum atomic E-state index is 0.0298. The lowest BCUT2D eigenvalue weighted by atomic mass is 9.74. The molecule has 24 heavy (non-hydrogen) atoms. The van der Waals surface area contributed by atoms with Crippen molar-refractivity contribution >= 4 is 22.1 Å². The van der Waals surface area contributed by atoms with E-state index in [-0.39, 0.29) is 5.41 Å². The highest BCUT2D eigenvalue weighted by Crippen LogP contribution is 2.47. The van der Waals surface area contributed by atoms with E-state index < -0.39 is 0 Å². The molecule has 2 heterocycles. The number of ketones is 1. The second kappa shape index (κ2) is 6.03. The van der Waals surface area contributed by atoms with Crippen LogP contribution in [0.2, 0.25) is 0 Å². The summed E-state index contributed by atoms with van der Waals surface area (Å²) in [5.74, 6) is 0.293. The van der Waals surface area contributed by atoms with E-state index in [4.69, 9.17) is 0 Å². The van der Waals surface area contributed by atoms with Crippen LogP contribution in [0.3, 0.4) is 0 Å². The number of hydrogen-bond donors (Lipinski definition) is 2. The molecule has 2 aromatic rings. The molecule has 0 saturated heterocycles. The summed E-state index contributed by atoms with van der Waals surface area (Å²) in [5, 5.41) is 12.0. The van der Waals surface area contributed by atoms with Crippen molar-refractivity contribution in [2.75, 3.05) is 5.32 Å². The van der Waals surface area contributed by atoms with Gasteiger partial charge in [0.15, 0.2) is 5.78 Å². The summed E-state index contributed by atoms with van der Waals surface area (Å²) in [6.45, 7) is 4.38. The molecule has 0 atom stereocenters. The highest BCUT2D eigenvalue weighted by Gasteiger charge is 2.37. The molecule has 0 bridgehead atoms. The van der Waals surface area contributed by atoms with Crippen LogP contribution >= 0.6 is 11.3 Å². The number of nitrogens with zero attached hydrogens (tertiary/aromatic N) is 1. The highest BCUT2D eigenvalue weighted by atomic mass is 32.1. The number of carbonyl (C=O) groups excluding carboxylic acids is 1. The van der Waals surface area contributed by atoms with Gasteiger partial charge < -0.3 is 5.32 Å². The van der Waals surface area contributed by atoms with Gasteiger partial charge in [-0.25, -0.2) is 0 Å². The van der Waals surface area contributed by atoms with Gasteiger partial charge in [-0.05, 0) is 36.3 Å². The molecule has 4 nitrogen and oxygen atoms in total. The molecule has 2 aromatic heterocycles. The van der Waals surface area contributed by atoms with E-state index >= 15 is 0 Å². The zero-order valence-corrected chi connectivity index (χ0v) is 15.3. The minimum absolute atomic E-state index is 0.0298. The Labute approximate surface area is 147 Å². The van der Waals surface area contributed by atoms with Crippen molar-refractivity contribution in [2.45, 2.75) is 64.8 Å². The normalized spacial score (nSPS) is 20.8. The number of thiophene rings is 1. The quantitative estimate of drug-likeness (QED) is 0.821. The Hall–Kier alpha value is -1.62. The molecular weight excluding hydrogens is 318 g/mol. The predicted octanol–water partition coefficient (Wildman–Crippen LogP) is 5.04. The summed E-state index contributed by atoms with van der Waals surface area (Å²) in [7, 11) is 0. The average Bonchev–Trinajstić information content (AvgIpc) is 3.15. The van der Waals surface area contributed by atoms with Crippen LogP contribution in [0.1, 0.15) is 68.3 Å². The van der Waals surface area contributed by atoms with Crippen LogP contribution in [0.4, 0.5) is 5.00 Å². The Morgan fingerprint density at radius 2 is 2.04 bits per heavy atom. The van der Waals surface area contributed by atoms with Crippen LogP contribution in [0.25, 0.3) is 10.6 Å². The molecule has 128 valence electrons. The third-order valence-electron chi connectivity index (χ3n) is 5.27. The van der Waals surface area contributed by atoms with Gasteiger partial charge in [-0.1, -0.05) is 33.1 Å². The van der Waals surface area contributed by atoms with E-state index in [1.54, 1.807) is 17.5 Å². The molecule has 0 unspecified atom stereocenters. The second-order valence-electron chi connectivity index (χ2n) is 8.00. The van der Waals surface area contributed by atoms with Crippen LogP contribution < -0.4 is 5.32 Å². The van der Waals surface area contributed by atoms with Crippen molar-refractivity contribution in [3.63, 3.8) is 0 Å². The number of aromatic amines is 1. The number of Topliss-reactive ketones (excluding diaryl/α,β-unsaturated/α-hetero) is 1. The van der Waals surface area contributed by atoms with Gasteiger partial charge in [0, 0.05) is 18.7 Å². The summed E-state index contributed by atoms with van der Waals surface area (Å²) >= 11 is 1.73. The summed E-state index contributed by atoms with van der Waals surface area (Å²) < 4.78 is 0. The van der Waals surface area contributed by atoms with Gasteiger partial charge in [0.1, 0.15) is 5.00 Å². The minimum Gasteiger partial charge on any atom is -0.374 e. The van der Waals surface area contributed by atoms with Crippen LogP contribution in [0.5, 0.6) is 0 Å². The summed E-state index contributed by atoms with van der Waals surface area (Å²) in [6.07, 6.45) is 9.72. The fourth-order valence-electron chi connectivity index (χ4n) is 4.13. The Balaban J connectivity index is 1.76. The summed E-state index contributed by atoms with van der Waals surface area (Å²) in [4.78, 5) is 14.1. The van der Waals surface area contributed by atoms with E-state index in [1.807, 2.05) is 6.07 Å². The van der Waals surface area contributed by atoms with Crippen molar-refractivity contribution in [2.24, 2.45) is 5.41 Å². The van der Waals surface area contributed by atoms with Crippen molar-refractivity contribution in [1.29, 1.82) is 0 Å². The van der Waals surface area contributed by atoms with E-state index in [2.05, 4.69) is 29.4 Å². The van der Waals surface area contributed by atoms with Crippen LogP contribution in [-0.4, -0.2) is 22.0 Å². The largest absolute Gasteiger partial charge is 0.374 e. The Bertz CT molecular complexity index is 739. The first-order valence-corrected chi connectivity index (χ1v) is 9.80. The topological polar surface area (TPSA) is 57.8 Å². The lowest BCUT2D eigenvalue weighted by Gasteiger charge is -2.30. The number of H-pyrrole nitrogens is 1.